The molecule has 90 valence electrons. The molecule has 0 amide bonds. The summed E-state index contributed by atoms with van der Waals surface area (Å²) in [6, 6.07) is 5.77. The van der Waals surface area contributed by atoms with Crippen LogP contribution in [-0.4, -0.2) is 28.7 Å². The third-order valence-corrected chi connectivity index (χ3v) is 2.22. The summed E-state index contributed by atoms with van der Waals surface area (Å²) < 4.78 is 5.01. The Morgan fingerprint density at radius 3 is 2.76 bits per heavy atom. The topological polar surface area (TPSA) is 75.9 Å². The van der Waals surface area contributed by atoms with Gasteiger partial charge in [0.05, 0.1) is 0 Å². The first-order valence-electron chi connectivity index (χ1n) is 5.46. The highest BCUT2D eigenvalue weighted by Gasteiger charge is 2.02. The van der Waals surface area contributed by atoms with Crippen molar-refractivity contribution in [3.05, 3.63) is 29.9 Å². The third kappa shape index (κ3) is 3.17. The van der Waals surface area contributed by atoms with Crippen molar-refractivity contribution in [2.24, 2.45) is 0 Å². The highest BCUT2D eigenvalue weighted by atomic mass is 16.5. The monoisotopic (exact) mass is 233 g/mol. The lowest BCUT2D eigenvalue weighted by Gasteiger charge is -2.05. The van der Waals surface area contributed by atoms with Gasteiger partial charge in [-0.15, -0.1) is 0 Å². The fraction of sp³-hybridized carbons (Fsp3) is 0.364. The van der Waals surface area contributed by atoms with E-state index in [1.54, 1.807) is 6.92 Å². The van der Waals surface area contributed by atoms with E-state index in [0.29, 0.717) is 24.7 Å². The summed E-state index contributed by atoms with van der Waals surface area (Å²) in [6.07, 6.45) is 0.687. The SMILES string of the molecule is CNc1cccc(NCCc2nc(C)no2)n1. The van der Waals surface area contributed by atoms with Crippen molar-refractivity contribution in [3.8, 4) is 0 Å². The highest BCUT2D eigenvalue weighted by molar-refractivity contribution is 5.44. The quantitative estimate of drug-likeness (QED) is 0.814. The van der Waals surface area contributed by atoms with Gasteiger partial charge in [0.15, 0.2) is 5.82 Å². The Morgan fingerprint density at radius 1 is 1.24 bits per heavy atom. The van der Waals surface area contributed by atoms with E-state index in [1.165, 1.54) is 0 Å². The van der Waals surface area contributed by atoms with Gasteiger partial charge in [-0.2, -0.15) is 4.98 Å². The van der Waals surface area contributed by atoms with Gasteiger partial charge in [-0.05, 0) is 19.1 Å². The van der Waals surface area contributed by atoms with Crippen LogP contribution in [0.4, 0.5) is 11.6 Å². The summed E-state index contributed by atoms with van der Waals surface area (Å²) in [5, 5.41) is 9.92. The van der Waals surface area contributed by atoms with Gasteiger partial charge in [-0.1, -0.05) is 11.2 Å². The van der Waals surface area contributed by atoms with Crippen molar-refractivity contribution >= 4 is 11.6 Å². The number of nitrogens with one attached hydrogen (secondary N) is 2. The summed E-state index contributed by atoms with van der Waals surface area (Å²) in [5.41, 5.74) is 0. The molecule has 0 saturated heterocycles. The van der Waals surface area contributed by atoms with Crippen molar-refractivity contribution in [1.29, 1.82) is 0 Å². The summed E-state index contributed by atoms with van der Waals surface area (Å²) in [4.78, 5) is 8.46. The molecule has 17 heavy (non-hydrogen) atoms. The lowest BCUT2D eigenvalue weighted by molar-refractivity contribution is 0.377. The number of anilines is 2. The molecular weight excluding hydrogens is 218 g/mol. The van der Waals surface area contributed by atoms with Gasteiger partial charge in [0.1, 0.15) is 11.6 Å². The predicted octanol–water partition coefficient (Wildman–Crippen LogP) is 1.47. The van der Waals surface area contributed by atoms with Crippen LogP contribution < -0.4 is 10.6 Å². The van der Waals surface area contributed by atoms with E-state index in [9.17, 15) is 0 Å². The largest absolute Gasteiger partial charge is 0.373 e. The minimum absolute atomic E-state index is 0.639. The molecule has 0 radical (unpaired) electrons. The molecule has 0 unspecified atom stereocenters. The maximum atomic E-state index is 5.01. The molecule has 0 aromatic carbocycles. The number of hydrogen-bond acceptors (Lipinski definition) is 6. The van der Waals surface area contributed by atoms with Crippen LogP contribution in [0.2, 0.25) is 0 Å². The van der Waals surface area contributed by atoms with Crippen molar-refractivity contribution in [2.45, 2.75) is 13.3 Å². The van der Waals surface area contributed by atoms with Crippen LogP contribution in [0.15, 0.2) is 22.7 Å². The Balaban J connectivity index is 1.85. The molecule has 0 atom stereocenters. The Morgan fingerprint density at radius 2 is 2.06 bits per heavy atom. The predicted molar refractivity (Wildman–Crippen MR) is 65.0 cm³/mol. The zero-order valence-corrected chi connectivity index (χ0v) is 9.90. The van der Waals surface area contributed by atoms with Crippen LogP contribution in [0.25, 0.3) is 0 Å². The molecule has 0 spiro atoms. The van der Waals surface area contributed by atoms with Crippen LogP contribution >= 0.6 is 0 Å². The van der Waals surface area contributed by atoms with E-state index < -0.39 is 0 Å². The molecule has 0 saturated carbocycles. The number of pyridine rings is 1. The minimum atomic E-state index is 0.639. The molecule has 2 N–H and O–H groups in total. The number of aromatic nitrogens is 3. The Hall–Kier alpha value is -2.11. The molecule has 2 heterocycles. The van der Waals surface area contributed by atoms with E-state index in [0.717, 1.165) is 11.6 Å². The van der Waals surface area contributed by atoms with E-state index in [-0.39, 0.29) is 0 Å². The molecule has 2 rings (SSSR count). The molecule has 0 aliphatic carbocycles. The van der Waals surface area contributed by atoms with Gasteiger partial charge in [0, 0.05) is 20.0 Å². The molecule has 6 nitrogen and oxygen atoms in total. The Labute approximate surface area is 99.5 Å². The van der Waals surface area contributed by atoms with Gasteiger partial charge < -0.3 is 15.2 Å². The maximum absolute atomic E-state index is 5.01. The number of nitrogens with zero attached hydrogens (tertiary/aromatic N) is 3. The van der Waals surface area contributed by atoms with Crippen LogP contribution in [0, 0.1) is 6.92 Å². The first-order chi connectivity index (χ1) is 8.28. The number of aryl methyl sites for hydroxylation is 1. The van der Waals surface area contributed by atoms with Gasteiger partial charge in [0.2, 0.25) is 5.89 Å². The highest BCUT2D eigenvalue weighted by Crippen LogP contribution is 2.08. The lowest BCUT2D eigenvalue weighted by Crippen LogP contribution is -2.07. The summed E-state index contributed by atoms with van der Waals surface area (Å²) in [6.45, 7) is 2.51. The van der Waals surface area contributed by atoms with Crippen molar-refractivity contribution in [2.75, 3.05) is 24.2 Å². The fourth-order valence-electron chi connectivity index (χ4n) is 1.41. The van der Waals surface area contributed by atoms with E-state index in [1.807, 2.05) is 25.2 Å². The van der Waals surface area contributed by atoms with Crippen molar-refractivity contribution < 1.29 is 4.52 Å². The summed E-state index contributed by atoms with van der Waals surface area (Å²) in [7, 11) is 1.84. The van der Waals surface area contributed by atoms with Gasteiger partial charge in [-0.25, -0.2) is 4.98 Å². The van der Waals surface area contributed by atoms with Crippen LogP contribution in [0.1, 0.15) is 11.7 Å². The van der Waals surface area contributed by atoms with Gasteiger partial charge in [-0.3, -0.25) is 0 Å². The molecule has 6 heteroatoms. The molecule has 2 aromatic rings. The van der Waals surface area contributed by atoms with E-state index >= 15 is 0 Å². The normalized spacial score (nSPS) is 10.2. The van der Waals surface area contributed by atoms with Crippen LogP contribution in [0.5, 0.6) is 0 Å². The zero-order valence-electron chi connectivity index (χ0n) is 9.90. The van der Waals surface area contributed by atoms with E-state index in [2.05, 4.69) is 25.8 Å². The molecule has 2 aromatic heterocycles. The van der Waals surface area contributed by atoms with E-state index in [4.69, 9.17) is 4.52 Å². The number of rotatable bonds is 5. The molecule has 0 fully saturated rings. The second kappa shape index (κ2) is 5.29. The summed E-state index contributed by atoms with van der Waals surface area (Å²) in [5.74, 6) is 2.96. The Kier molecular flexibility index (Phi) is 3.54. The Bertz CT molecular complexity index is 482. The second-order valence-electron chi connectivity index (χ2n) is 3.57. The second-order valence-corrected chi connectivity index (χ2v) is 3.57. The molecule has 0 bridgehead atoms. The smallest absolute Gasteiger partial charge is 0.228 e. The first kappa shape index (κ1) is 11.4. The number of hydrogen-bond donors (Lipinski definition) is 2. The lowest BCUT2D eigenvalue weighted by atomic mass is 10.4. The van der Waals surface area contributed by atoms with Crippen molar-refractivity contribution in [1.82, 2.24) is 15.1 Å². The third-order valence-electron chi connectivity index (χ3n) is 2.22. The van der Waals surface area contributed by atoms with Gasteiger partial charge in [0.25, 0.3) is 0 Å². The van der Waals surface area contributed by atoms with Crippen molar-refractivity contribution in [3.63, 3.8) is 0 Å². The maximum Gasteiger partial charge on any atom is 0.228 e. The average molecular weight is 233 g/mol. The van der Waals surface area contributed by atoms with Crippen LogP contribution in [-0.2, 0) is 6.42 Å². The fourth-order valence-corrected chi connectivity index (χ4v) is 1.41. The standard InChI is InChI=1S/C11H15N5O/c1-8-14-11(17-16-8)6-7-13-10-5-3-4-9(12-2)15-10/h3-5H,6-7H2,1-2H3,(H2,12,13,15). The molecular formula is C11H15N5O. The van der Waals surface area contributed by atoms with Crippen LogP contribution in [0.3, 0.4) is 0 Å². The summed E-state index contributed by atoms with van der Waals surface area (Å²) >= 11 is 0. The zero-order chi connectivity index (χ0) is 12.1. The van der Waals surface area contributed by atoms with Gasteiger partial charge >= 0.3 is 0 Å². The average Bonchev–Trinajstić information content (AvgIpc) is 2.75. The first-order valence-corrected chi connectivity index (χ1v) is 5.46. The molecule has 0 aliphatic heterocycles. The molecule has 0 aliphatic rings. The minimum Gasteiger partial charge on any atom is -0.373 e.